The molecule has 0 saturated heterocycles. The lowest BCUT2D eigenvalue weighted by molar-refractivity contribution is 0.172. The smallest absolute Gasteiger partial charge is 0.191 e. The van der Waals surface area contributed by atoms with Gasteiger partial charge in [-0.3, -0.25) is 0 Å². The molecule has 1 heterocycles. The minimum Gasteiger partial charge on any atom is -0.497 e. The molecule has 6 heteroatoms. The fourth-order valence-corrected chi connectivity index (χ4v) is 3.12. The molecular formula is C22H31N3O3. The number of rotatable bonds is 11. The molecule has 0 bridgehead atoms. The van der Waals surface area contributed by atoms with Crippen molar-refractivity contribution < 1.29 is 13.9 Å². The predicted molar refractivity (Wildman–Crippen MR) is 111 cm³/mol. The van der Waals surface area contributed by atoms with E-state index < -0.39 is 0 Å². The first kappa shape index (κ1) is 20.3. The fraction of sp³-hybridized carbons (Fsp3) is 0.500. The summed E-state index contributed by atoms with van der Waals surface area (Å²) in [5.41, 5.74) is 1.51. The van der Waals surface area contributed by atoms with Crippen LogP contribution in [0.5, 0.6) is 5.75 Å². The molecular weight excluding hydrogens is 354 g/mol. The molecule has 1 aliphatic carbocycles. The van der Waals surface area contributed by atoms with E-state index >= 15 is 0 Å². The molecule has 0 amide bonds. The van der Waals surface area contributed by atoms with Crippen molar-refractivity contribution in [1.29, 1.82) is 0 Å². The number of nitrogens with one attached hydrogen (secondary N) is 2. The molecule has 3 rings (SSSR count). The van der Waals surface area contributed by atoms with Crippen LogP contribution in [0.15, 0.2) is 52.1 Å². The van der Waals surface area contributed by atoms with Gasteiger partial charge in [-0.2, -0.15) is 0 Å². The maximum Gasteiger partial charge on any atom is 0.191 e. The van der Waals surface area contributed by atoms with Crippen molar-refractivity contribution >= 4 is 5.96 Å². The van der Waals surface area contributed by atoms with Gasteiger partial charge in [0, 0.05) is 33.2 Å². The van der Waals surface area contributed by atoms with Gasteiger partial charge in [0.25, 0.3) is 0 Å². The van der Waals surface area contributed by atoms with E-state index in [1.807, 2.05) is 36.4 Å². The van der Waals surface area contributed by atoms with Crippen LogP contribution in [0, 0.1) is 5.41 Å². The number of hydrogen-bond acceptors (Lipinski definition) is 4. The number of methoxy groups -OCH3 is 2. The normalized spacial score (nSPS) is 15.3. The van der Waals surface area contributed by atoms with Crippen LogP contribution in [0.25, 0.3) is 0 Å². The number of nitrogens with zero attached hydrogens (tertiary/aromatic N) is 1. The highest BCUT2D eigenvalue weighted by Gasteiger charge is 2.41. The molecule has 0 atom stereocenters. The lowest BCUT2D eigenvalue weighted by Gasteiger charge is -2.18. The maximum absolute atomic E-state index is 5.41. The largest absolute Gasteiger partial charge is 0.497 e. The standard InChI is InChI=1S/C22H31N3O3/c1-26-15-12-22(10-11-22)17-25-21(23-13-9-20-4-3-14-28-20)24-16-18-5-7-19(27-2)8-6-18/h3-8,14H,9-13,15-17H2,1-2H3,(H2,23,24,25). The Morgan fingerprint density at radius 3 is 2.61 bits per heavy atom. The third kappa shape index (κ3) is 6.30. The van der Waals surface area contributed by atoms with E-state index in [0.29, 0.717) is 12.0 Å². The first-order chi connectivity index (χ1) is 13.7. The van der Waals surface area contributed by atoms with Crippen LogP contribution >= 0.6 is 0 Å². The molecule has 0 aliphatic heterocycles. The third-order valence-corrected chi connectivity index (χ3v) is 5.25. The molecule has 1 aromatic carbocycles. The topological polar surface area (TPSA) is 68.0 Å². The number of ether oxygens (including phenoxy) is 2. The van der Waals surface area contributed by atoms with Crippen LogP contribution in [0.2, 0.25) is 0 Å². The van der Waals surface area contributed by atoms with Gasteiger partial charge in [-0.1, -0.05) is 12.1 Å². The Balaban J connectivity index is 1.55. The fourth-order valence-electron chi connectivity index (χ4n) is 3.12. The SMILES string of the molecule is COCCC1(CNC(=NCc2ccc(OC)cc2)NCCc2ccco2)CC1. The molecule has 2 N–H and O–H groups in total. The van der Waals surface area contributed by atoms with E-state index in [1.165, 1.54) is 12.8 Å². The number of benzene rings is 1. The van der Waals surface area contributed by atoms with Gasteiger partial charge in [0.05, 0.1) is 19.9 Å². The summed E-state index contributed by atoms with van der Waals surface area (Å²) >= 11 is 0. The third-order valence-electron chi connectivity index (χ3n) is 5.25. The second-order valence-corrected chi connectivity index (χ2v) is 7.37. The lowest BCUT2D eigenvalue weighted by atomic mass is 10.0. The summed E-state index contributed by atoms with van der Waals surface area (Å²) in [6, 6.07) is 11.9. The number of furan rings is 1. The summed E-state index contributed by atoms with van der Waals surface area (Å²) in [4.78, 5) is 4.77. The number of aliphatic imine (C=N–C) groups is 1. The van der Waals surface area contributed by atoms with Crippen LogP contribution in [0.3, 0.4) is 0 Å². The van der Waals surface area contributed by atoms with Crippen molar-refractivity contribution in [3.8, 4) is 5.75 Å². The quantitative estimate of drug-likeness (QED) is 0.458. The summed E-state index contributed by atoms with van der Waals surface area (Å²) in [5.74, 6) is 2.67. The molecule has 0 unspecified atom stereocenters. The molecule has 1 aliphatic rings. The molecule has 28 heavy (non-hydrogen) atoms. The van der Waals surface area contributed by atoms with Crippen molar-refractivity contribution in [2.45, 2.75) is 32.2 Å². The van der Waals surface area contributed by atoms with E-state index in [2.05, 4.69) is 10.6 Å². The zero-order chi connectivity index (χ0) is 19.7. The van der Waals surface area contributed by atoms with E-state index in [0.717, 1.165) is 55.6 Å². The molecule has 152 valence electrons. The van der Waals surface area contributed by atoms with Crippen LogP contribution in [0.1, 0.15) is 30.6 Å². The van der Waals surface area contributed by atoms with Gasteiger partial charge in [0.2, 0.25) is 0 Å². The van der Waals surface area contributed by atoms with Gasteiger partial charge in [0.15, 0.2) is 5.96 Å². The van der Waals surface area contributed by atoms with Gasteiger partial charge in [-0.05, 0) is 54.5 Å². The zero-order valence-electron chi connectivity index (χ0n) is 16.9. The number of hydrogen-bond donors (Lipinski definition) is 2. The Hall–Kier alpha value is -2.47. The molecule has 0 spiro atoms. The summed E-state index contributed by atoms with van der Waals surface area (Å²) < 4.78 is 15.9. The Morgan fingerprint density at radius 1 is 1.14 bits per heavy atom. The Bertz CT molecular complexity index is 722. The van der Waals surface area contributed by atoms with Crippen molar-refractivity contribution in [1.82, 2.24) is 10.6 Å². The van der Waals surface area contributed by atoms with Crippen LogP contribution in [0.4, 0.5) is 0 Å². The van der Waals surface area contributed by atoms with Crippen molar-refractivity contribution in [3.05, 3.63) is 54.0 Å². The molecule has 1 fully saturated rings. The van der Waals surface area contributed by atoms with Gasteiger partial charge < -0.3 is 24.5 Å². The Labute approximate surface area is 167 Å². The summed E-state index contributed by atoms with van der Waals surface area (Å²) in [5, 5.41) is 6.96. The van der Waals surface area contributed by atoms with Crippen molar-refractivity contribution in [3.63, 3.8) is 0 Å². The van der Waals surface area contributed by atoms with E-state index in [4.69, 9.17) is 18.9 Å². The Kier molecular flexibility index (Phi) is 7.37. The van der Waals surface area contributed by atoms with E-state index in [1.54, 1.807) is 20.5 Å². The second-order valence-electron chi connectivity index (χ2n) is 7.37. The molecule has 6 nitrogen and oxygen atoms in total. The summed E-state index contributed by atoms with van der Waals surface area (Å²) in [6.07, 6.45) is 6.13. The zero-order valence-corrected chi connectivity index (χ0v) is 16.9. The summed E-state index contributed by atoms with van der Waals surface area (Å²) in [7, 11) is 3.44. The summed E-state index contributed by atoms with van der Waals surface area (Å²) in [6.45, 7) is 3.12. The van der Waals surface area contributed by atoms with Gasteiger partial charge in [0.1, 0.15) is 11.5 Å². The van der Waals surface area contributed by atoms with Crippen LogP contribution in [-0.4, -0.2) is 39.9 Å². The average Bonchev–Trinajstić information content (AvgIpc) is 3.31. The molecule has 1 saturated carbocycles. The lowest BCUT2D eigenvalue weighted by Crippen LogP contribution is -2.41. The second kappa shape index (κ2) is 10.2. The van der Waals surface area contributed by atoms with Gasteiger partial charge in [-0.15, -0.1) is 0 Å². The predicted octanol–water partition coefficient (Wildman–Crippen LogP) is 3.38. The van der Waals surface area contributed by atoms with Crippen LogP contribution < -0.4 is 15.4 Å². The van der Waals surface area contributed by atoms with E-state index in [-0.39, 0.29) is 0 Å². The first-order valence-corrected chi connectivity index (χ1v) is 9.89. The molecule has 2 aromatic rings. The minimum absolute atomic E-state index is 0.361. The van der Waals surface area contributed by atoms with E-state index in [9.17, 15) is 0 Å². The first-order valence-electron chi connectivity index (χ1n) is 9.89. The van der Waals surface area contributed by atoms with Crippen molar-refractivity contribution in [2.24, 2.45) is 10.4 Å². The van der Waals surface area contributed by atoms with Gasteiger partial charge in [-0.25, -0.2) is 4.99 Å². The highest BCUT2D eigenvalue weighted by atomic mass is 16.5. The molecule has 0 radical (unpaired) electrons. The highest BCUT2D eigenvalue weighted by molar-refractivity contribution is 5.79. The van der Waals surface area contributed by atoms with Gasteiger partial charge >= 0.3 is 0 Å². The van der Waals surface area contributed by atoms with Crippen LogP contribution in [-0.2, 0) is 17.7 Å². The average molecular weight is 386 g/mol. The van der Waals surface area contributed by atoms with Crippen molar-refractivity contribution in [2.75, 3.05) is 33.9 Å². The monoisotopic (exact) mass is 385 g/mol. The number of guanidine groups is 1. The minimum atomic E-state index is 0.361. The molecule has 1 aromatic heterocycles. The highest BCUT2D eigenvalue weighted by Crippen LogP contribution is 2.48. The maximum atomic E-state index is 5.41. The Morgan fingerprint density at radius 2 is 1.96 bits per heavy atom.